The molecule has 178 valence electrons. The van der Waals surface area contributed by atoms with Gasteiger partial charge in [-0.15, -0.1) is 5.06 Å². The van der Waals surface area contributed by atoms with Crippen molar-refractivity contribution in [2.45, 2.75) is 39.1 Å². The first-order chi connectivity index (χ1) is 16.4. The van der Waals surface area contributed by atoms with Crippen LogP contribution >= 0.6 is 23.2 Å². The van der Waals surface area contributed by atoms with E-state index in [1.807, 2.05) is 48.5 Å². The monoisotopic (exact) mass is 501 g/mol. The molecule has 9 heteroatoms. The second kappa shape index (κ2) is 10.5. The van der Waals surface area contributed by atoms with Crippen LogP contribution in [-0.4, -0.2) is 22.8 Å². The third-order valence-electron chi connectivity index (χ3n) is 5.75. The number of hydrogen-bond donors (Lipinski definition) is 1. The number of carbonyl (C=O) groups is 1. The first-order valence-corrected chi connectivity index (χ1v) is 11.7. The van der Waals surface area contributed by atoms with Crippen LogP contribution in [0, 0.1) is 0 Å². The summed E-state index contributed by atoms with van der Waals surface area (Å²) in [7, 11) is 1.69. The lowest BCUT2D eigenvalue weighted by Crippen LogP contribution is -2.26. The molecule has 2 aromatic carbocycles. The highest BCUT2D eigenvalue weighted by Crippen LogP contribution is 2.24. The number of hydrogen-bond acceptors (Lipinski definition) is 5. The van der Waals surface area contributed by atoms with Gasteiger partial charge in [-0.1, -0.05) is 66.5 Å². The summed E-state index contributed by atoms with van der Waals surface area (Å²) in [6.45, 7) is 2.61. The molecule has 34 heavy (non-hydrogen) atoms. The standard InChI is InChI=1S/C25H25Cl2N3O4/c1-3-16-5-4-6-19(13-16)33-15-22-20(26)14-21(27)24(31)30(22)12-11-17-7-9-18(10-8-17)23-28-25(32)34-29(23)2/h4-10,13-14,23H,3,11-12,15H2,1-2H3,(H,28,32). The van der Waals surface area contributed by atoms with E-state index in [1.165, 1.54) is 11.1 Å². The van der Waals surface area contributed by atoms with E-state index in [1.54, 1.807) is 11.6 Å². The third-order valence-corrected chi connectivity index (χ3v) is 6.35. The average Bonchev–Trinajstić information content (AvgIpc) is 3.18. The van der Waals surface area contributed by atoms with Crippen molar-refractivity contribution in [2.75, 3.05) is 7.05 Å². The molecule has 1 fully saturated rings. The van der Waals surface area contributed by atoms with E-state index in [4.69, 9.17) is 32.8 Å². The lowest BCUT2D eigenvalue weighted by molar-refractivity contribution is -0.0670. The number of nitrogens with zero attached hydrogens (tertiary/aromatic N) is 2. The fraction of sp³-hybridized carbons (Fsp3) is 0.280. The summed E-state index contributed by atoms with van der Waals surface area (Å²) in [6, 6.07) is 17.0. The van der Waals surface area contributed by atoms with Crippen LogP contribution in [0.2, 0.25) is 10.0 Å². The Labute approximate surface area is 207 Å². The zero-order valence-corrected chi connectivity index (χ0v) is 20.4. The van der Waals surface area contributed by atoms with E-state index < -0.39 is 6.09 Å². The number of halogens is 2. The Morgan fingerprint density at radius 1 is 1.03 bits per heavy atom. The van der Waals surface area contributed by atoms with E-state index in [0.717, 1.165) is 23.1 Å². The van der Waals surface area contributed by atoms with Crippen molar-refractivity contribution in [3.05, 3.63) is 97.4 Å². The van der Waals surface area contributed by atoms with E-state index >= 15 is 0 Å². The molecule has 2 heterocycles. The summed E-state index contributed by atoms with van der Waals surface area (Å²) in [4.78, 5) is 29.2. The highest BCUT2D eigenvalue weighted by molar-refractivity contribution is 6.34. The van der Waals surface area contributed by atoms with Crippen molar-refractivity contribution in [1.29, 1.82) is 0 Å². The van der Waals surface area contributed by atoms with Crippen molar-refractivity contribution in [3.63, 3.8) is 0 Å². The van der Waals surface area contributed by atoms with E-state index in [2.05, 4.69) is 12.2 Å². The van der Waals surface area contributed by atoms with Crippen molar-refractivity contribution >= 4 is 29.3 Å². The average molecular weight is 502 g/mol. The summed E-state index contributed by atoms with van der Waals surface area (Å²) in [5, 5.41) is 4.65. The summed E-state index contributed by atoms with van der Waals surface area (Å²) >= 11 is 12.6. The summed E-state index contributed by atoms with van der Waals surface area (Å²) in [5.41, 5.74) is 3.33. The molecule has 4 rings (SSSR count). The molecule has 1 aliphatic heterocycles. The predicted molar refractivity (Wildman–Crippen MR) is 131 cm³/mol. The first kappa shape index (κ1) is 24.1. The smallest absolute Gasteiger partial charge is 0.427 e. The zero-order valence-electron chi connectivity index (χ0n) is 18.9. The second-order valence-electron chi connectivity index (χ2n) is 8.00. The van der Waals surface area contributed by atoms with Crippen LogP contribution in [0.4, 0.5) is 4.79 Å². The van der Waals surface area contributed by atoms with Gasteiger partial charge in [0.05, 0.1) is 10.7 Å². The largest absolute Gasteiger partial charge is 0.487 e. The quantitative estimate of drug-likeness (QED) is 0.463. The number of ether oxygens (including phenoxy) is 1. The first-order valence-electron chi connectivity index (χ1n) is 10.9. The summed E-state index contributed by atoms with van der Waals surface area (Å²) in [5.74, 6) is 0.716. The maximum atomic E-state index is 12.8. The van der Waals surface area contributed by atoms with Gasteiger partial charge < -0.3 is 14.1 Å². The number of aromatic nitrogens is 1. The fourth-order valence-corrected chi connectivity index (χ4v) is 4.37. The normalized spacial score (nSPS) is 15.8. The molecule has 1 N–H and O–H groups in total. The molecule has 0 radical (unpaired) electrons. The molecule has 1 unspecified atom stereocenters. The van der Waals surface area contributed by atoms with E-state index in [9.17, 15) is 9.59 Å². The lowest BCUT2D eigenvalue weighted by Gasteiger charge is -2.17. The molecule has 0 saturated carbocycles. The highest BCUT2D eigenvalue weighted by Gasteiger charge is 2.29. The number of rotatable bonds is 8. The maximum Gasteiger partial charge on any atom is 0.427 e. The topological polar surface area (TPSA) is 72.8 Å². The van der Waals surface area contributed by atoms with Crippen LogP contribution in [-0.2, 0) is 30.8 Å². The maximum absolute atomic E-state index is 12.8. The van der Waals surface area contributed by atoms with Gasteiger partial charge in [0.1, 0.15) is 23.5 Å². The van der Waals surface area contributed by atoms with Crippen LogP contribution in [0.15, 0.2) is 59.4 Å². The van der Waals surface area contributed by atoms with Gasteiger partial charge in [-0.2, -0.15) is 0 Å². The van der Waals surface area contributed by atoms with Gasteiger partial charge in [-0.25, -0.2) is 4.79 Å². The minimum atomic E-state index is -0.482. The molecule has 1 atom stereocenters. The molecule has 1 saturated heterocycles. The van der Waals surface area contributed by atoms with Crippen LogP contribution in [0.25, 0.3) is 0 Å². The van der Waals surface area contributed by atoms with Crippen LogP contribution in [0.3, 0.4) is 0 Å². The highest BCUT2D eigenvalue weighted by atomic mass is 35.5. The number of pyridine rings is 1. The number of amides is 1. The number of benzene rings is 2. The molecular weight excluding hydrogens is 477 g/mol. The molecule has 0 aliphatic carbocycles. The molecule has 0 spiro atoms. The van der Waals surface area contributed by atoms with Crippen molar-refractivity contribution in [2.24, 2.45) is 0 Å². The zero-order chi connectivity index (χ0) is 24.2. The van der Waals surface area contributed by atoms with Gasteiger partial charge in [-0.3, -0.25) is 10.1 Å². The van der Waals surface area contributed by atoms with Crippen molar-refractivity contribution in [1.82, 2.24) is 14.9 Å². The van der Waals surface area contributed by atoms with Crippen molar-refractivity contribution in [3.8, 4) is 5.75 Å². The molecule has 7 nitrogen and oxygen atoms in total. The molecule has 1 aromatic heterocycles. The third kappa shape index (κ3) is 5.38. The molecular formula is C25H25Cl2N3O4. The van der Waals surface area contributed by atoms with Gasteiger partial charge in [0.15, 0.2) is 0 Å². The summed E-state index contributed by atoms with van der Waals surface area (Å²) in [6.07, 6.45) is 0.660. The van der Waals surface area contributed by atoms with Gasteiger partial charge in [-0.05, 0) is 47.7 Å². The Bertz CT molecular complexity index is 1240. The van der Waals surface area contributed by atoms with Crippen molar-refractivity contribution < 1.29 is 14.4 Å². The van der Waals surface area contributed by atoms with Gasteiger partial charge in [0.2, 0.25) is 0 Å². The van der Waals surface area contributed by atoms with Gasteiger partial charge in [0.25, 0.3) is 5.56 Å². The Hall–Kier alpha value is -3.00. The van der Waals surface area contributed by atoms with Crippen LogP contribution < -0.4 is 15.6 Å². The second-order valence-corrected chi connectivity index (χ2v) is 8.81. The van der Waals surface area contributed by atoms with Gasteiger partial charge >= 0.3 is 6.09 Å². The molecule has 1 amide bonds. The Morgan fingerprint density at radius 3 is 2.47 bits per heavy atom. The van der Waals surface area contributed by atoms with E-state index in [-0.39, 0.29) is 23.4 Å². The van der Waals surface area contributed by atoms with Gasteiger partial charge in [0, 0.05) is 13.6 Å². The SMILES string of the molecule is CCc1cccc(OCc2c(Cl)cc(Cl)c(=O)n2CCc2ccc(C3NC(=O)ON3C)cc2)c1. The van der Waals surface area contributed by atoms with Crippen LogP contribution in [0.1, 0.15) is 35.5 Å². The number of nitrogens with one attached hydrogen (secondary N) is 1. The Morgan fingerprint density at radius 2 is 1.79 bits per heavy atom. The summed E-state index contributed by atoms with van der Waals surface area (Å²) < 4.78 is 7.53. The Balaban J connectivity index is 1.50. The molecule has 1 aliphatic rings. The van der Waals surface area contributed by atoms with E-state index in [0.29, 0.717) is 29.4 Å². The molecule has 3 aromatic rings. The minimum absolute atomic E-state index is 0.0668. The number of carbonyl (C=O) groups excluding carboxylic acids is 1. The number of aryl methyl sites for hydroxylation is 2. The van der Waals surface area contributed by atoms with Crippen LogP contribution in [0.5, 0.6) is 5.75 Å². The Kier molecular flexibility index (Phi) is 7.46. The fourth-order valence-electron chi connectivity index (χ4n) is 3.84. The lowest BCUT2D eigenvalue weighted by atomic mass is 10.1. The minimum Gasteiger partial charge on any atom is -0.487 e. The number of hydroxylamine groups is 2. The predicted octanol–water partition coefficient (Wildman–Crippen LogP) is 5.12. The molecule has 0 bridgehead atoms.